The van der Waals surface area contributed by atoms with E-state index in [4.69, 9.17) is 4.74 Å². The summed E-state index contributed by atoms with van der Waals surface area (Å²) in [5, 5.41) is 11.3. The Balaban J connectivity index is 1.94. The molecule has 1 N–H and O–H groups in total. The Morgan fingerprint density at radius 3 is 2.94 bits per heavy atom. The van der Waals surface area contributed by atoms with Gasteiger partial charge in [0.1, 0.15) is 6.61 Å². The molecule has 1 aromatic heterocycles. The first-order valence-corrected chi connectivity index (χ1v) is 6.44. The normalized spacial score (nSPS) is 17.3. The van der Waals surface area contributed by atoms with E-state index < -0.39 is 0 Å². The van der Waals surface area contributed by atoms with Crippen molar-refractivity contribution in [2.24, 2.45) is 0 Å². The van der Waals surface area contributed by atoms with Crippen LogP contribution in [0, 0.1) is 0 Å². The van der Waals surface area contributed by atoms with Crippen molar-refractivity contribution in [3.8, 4) is 0 Å². The van der Waals surface area contributed by atoms with Crippen molar-refractivity contribution in [2.45, 2.75) is 38.8 Å². The zero-order chi connectivity index (χ0) is 13.0. The molecule has 0 aliphatic carbocycles. The summed E-state index contributed by atoms with van der Waals surface area (Å²) in [6, 6.07) is 0.353. The number of Topliss-reactive ketones (excluding diaryl/α,β-unsaturated/α-hetero) is 1. The van der Waals surface area contributed by atoms with Gasteiger partial charge in [-0.05, 0) is 39.8 Å². The maximum absolute atomic E-state index is 11.8. The highest BCUT2D eigenvalue weighted by Crippen LogP contribution is 2.17. The Bertz CT molecular complexity index is 397. The molecular formula is C12H20N4O2. The van der Waals surface area contributed by atoms with Gasteiger partial charge in [-0.3, -0.25) is 4.79 Å². The van der Waals surface area contributed by atoms with Crippen LogP contribution in [0.2, 0.25) is 0 Å². The van der Waals surface area contributed by atoms with Gasteiger partial charge in [0.25, 0.3) is 0 Å². The first-order chi connectivity index (χ1) is 8.66. The van der Waals surface area contributed by atoms with Gasteiger partial charge in [0.15, 0.2) is 5.69 Å². The summed E-state index contributed by atoms with van der Waals surface area (Å²) in [7, 11) is 0. The van der Waals surface area contributed by atoms with E-state index in [1.165, 1.54) is 0 Å². The van der Waals surface area contributed by atoms with Crippen LogP contribution in [0.4, 0.5) is 0 Å². The molecule has 1 aromatic rings. The van der Waals surface area contributed by atoms with Crippen molar-refractivity contribution in [3.63, 3.8) is 0 Å². The number of rotatable bonds is 5. The van der Waals surface area contributed by atoms with Crippen LogP contribution >= 0.6 is 0 Å². The van der Waals surface area contributed by atoms with E-state index in [1.54, 1.807) is 6.20 Å². The summed E-state index contributed by atoms with van der Waals surface area (Å²) >= 11 is 0. The van der Waals surface area contributed by atoms with Crippen LogP contribution in [0.5, 0.6) is 0 Å². The summed E-state index contributed by atoms with van der Waals surface area (Å²) in [4.78, 5) is 11.8. The monoisotopic (exact) mass is 252 g/mol. The van der Waals surface area contributed by atoms with E-state index in [-0.39, 0.29) is 18.5 Å². The maximum atomic E-state index is 11.8. The van der Waals surface area contributed by atoms with Gasteiger partial charge in [0, 0.05) is 0 Å². The van der Waals surface area contributed by atoms with Gasteiger partial charge < -0.3 is 10.1 Å². The van der Waals surface area contributed by atoms with Crippen LogP contribution in [-0.2, 0) is 4.74 Å². The zero-order valence-electron chi connectivity index (χ0n) is 10.9. The van der Waals surface area contributed by atoms with Crippen LogP contribution in [0.25, 0.3) is 0 Å². The van der Waals surface area contributed by atoms with Gasteiger partial charge in [-0.15, -0.1) is 5.10 Å². The van der Waals surface area contributed by atoms with E-state index in [2.05, 4.69) is 15.6 Å². The molecule has 0 amide bonds. The van der Waals surface area contributed by atoms with Crippen LogP contribution in [0.15, 0.2) is 6.20 Å². The second kappa shape index (κ2) is 6.06. The van der Waals surface area contributed by atoms with Crippen LogP contribution in [-0.4, -0.2) is 46.6 Å². The highest BCUT2D eigenvalue weighted by Gasteiger charge is 2.18. The minimum Gasteiger partial charge on any atom is -0.371 e. The van der Waals surface area contributed by atoms with Gasteiger partial charge in [-0.25, -0.2) is 4.68 Å². The number of ketones is 1. The van der Waals surface area contributed by atoms with Gasteiger partial charge >= 0.3 is 0 Å². The van der Waals surface area contributed by atoms with Gasteiger partial charge in [-0.1, -0.05) is 5.21 Å². The van der Waals surface area contributed by atoms with Crippen molar-refractivity contribution in [1.82, 2.24) is 20.3 Å². The van der Waals surface area contributed by atoms with Crippen LogP contribution in [0.3, 0.4) is 0 Å². The highest BCUT2D eigenvalue weighted by atomic mass is 16.5. The molecule has 0 aromatic carbocycles. The predicted octanol–water partition coefficient (Wildman–Crippen LogP) is 0.810. The third-order valence-electron chi connectivity index (χ3n) is 3.03. The van der Waals surface area contributed by atoms with Crippen molar-refractivity contribution in [1.29, 1.82) is 0 Å². The molecular weight excluding hydrogens is 232 g/mol. The number of ether oxygens (including phenoxy) is 1. The molecule has 18 heavy (non-hydrogen) atoms. The summed E-state index contributed by atoms with van der Waals surface area (Å²) in [6.07, 6.45) is 3.84. The third kappa shape index (κ3) is 3.36. The maximum Gasteiger partial charge on any atom is 0.210 e. The molecule has 0 spiro atoms. The Kier molecular flexibility index (Phi) is 4.43. The van der Waals surface area contributed by atoms with E-state index in [0.29, 0.717) is 11.7 Å². The number of carbonyl (C=O) groups is 1. The lowest BCUT2D eigenvalue weighted by molar-refractivity contribution is 0.0580. The summed E-state index contributed by atoms with van der Waals surface area (Å²) in [6.45, 7) is 5.86. The molecule has 0 radical (unpaired) electrons. The number of hydrogen-bond donors (Lipinski definition) is 1. The highest BCUT2D eigenvalue weighted by molar-refractivity contribution is 5.94. The standard InChI is InChI=1S/C12H20N4O2/c1-9(2)18-8-12(17)11-7-16(15-14-11)10-3-5-13-6-4-10/h7,9-10,13H,3-6,8H2,1-2H3. The molecule has 100 valence electrons. The van der Waals surface area contributed by atoms with Gasteiger partial charge in [0.05, 0.1) is 18.3 Å². The van der Waals surface area contributed by atoms with Crippen molar-refractivity contribution in [2.75, 3.05) is 19.7 Å². The Morgan fingerprint density at radius 1 is 1.56 bits per heavy atom. The minimum atomic E-state index is -0.108. The Morgan fingerprint density at radius 2 is 2.28 bits per heavy atom. The molecule has 1 aliphatic rings. The molecule has 1 fully saturated rings. The molecule has 6 nitrogen and oxygen atoms in total. The van der Waals surface area contributed by atoms with Crippen LogP contribution < -0.4 is 5.32 Å². The second-order valence-corrected chi connectivity index (χ2v) is 4.85. The molecule has 1 aliphatic heterocycles. The summed E-state index contributed by atoms with van der Waals surface area (Å²) < 4.78 is 7.09. The first-order valence-electron chi connectivity index (χ1n) is 6.44. The minimum absolute atomic E-state index is 0.0495. The summed E-state index contributed by atoms with van der Waals surface area (Å²) in [5.74, 6) is -0.108. The molecule has 0 unspecified atom stereocenters. The number of hydrogen-bond acceptors (Lipinski definition) is 5. The molecule has 2 heterocycles. The number of piperidine rings is 1. The number of nitrogens with zero attached hydrogens (tertiary/aromatic N) is 3. The topological polar surface area (TPSA) is 69.0 Å². The number of nitrogens with one attached hydrogen (secondary N) is 1. The predicted molar refractivity (Wildman–Crippen MR) is 66.6 cm³/mol. The Labute approximate surface area is 107 Å². The fraction of sp³-hybridized carbons (Fsp3) is 0.750. The molecule has 0 saturated carbocycles. The average molecular weight is 252 g/mol. The van der Waals surface area contributed by atoms with E-state index in [9.17, 15) is 4.79 Å². The van der Waals surface area contributed by atoms with E-state index >= 15 is 0 Å². The quantitative estimate of drug-likeness (QED) is 0.785. The SMILES string of the molecule is CC(C)OCC(=O)c1cn(C2CCNCC2)nn1. The average Bonchev–Trinajstić information content (AvgIpc) is 2.86. The van der Waals surface area contributed by atoms with Gasteiger partial charge in [-0.2, -0.15) is 0 Å². The lowest BCUT2D eigenvalue weighted by atomic mass is 10.1. The lowest BCUT2D eigenvalue weighted by Crippen LogP contribution is -2.29. The largest absolute Gasteiger partial charge is 0.371 e. The molecule has 6 heteroatoms. The molecule has 0 atom stereocenters. The number of aromatic nitrogens is 3. The molecule has 0 bridgehead atoms. The van der Waals surface area contributed by atoms with E-state index in [1.807, 2.05) is 18.5 Å². The fourth-order valence-electron chi connectivity index (χ4n) is 1.97. The summed E-state index contributed by atoms with van der Waals surface area (Å²) in [5.41, 5.74) is 0.397. The zero-order valence-corrected chi connectivity index (χ0v) is 10.9. The second-order valence-electron chi connectivity index (χ2n) is 4.85. The Hall–Kier alpha value is -1.27. The smallest absolute Gasteiger partial charge is 0.210 e. The van der Waals surface area contributed by atoms with Crippen molar-refractivity contribution in [3.05, 3.63) is 11.9 Å². The first kappa shape index (κ1) is 13.2. The van der Waals surface area contributed by atoms with Crippen LogP contribution in [0.1, 0.15) is 43.2 Å². The number of carbonyl (C=O) groups excluding carboxylic acids is 1. The molecule has 2 rings (SSSR count). The van der Waals surface area contributed by atoms with E-state index in [0.717, 1.165) is 25.9 Å². The van der Waals surface area contributed by atoms with Gasteiger partial charge in [0.2, 0.25) is 5.78 Å². The molecule has 1 saturated heterocycles. The lowest BCUT2D eigenvalue weighted by Gasteiger charge is -2.22. The third-order valence-corrected chi connectivity index (χ3v) is 3.03. The fourth-order valence-corrected chi connectivity index (χ4v) is 1.97. The van der Waals surface area contributed by atoms with Crippen molar-refractivity contribution >= 4 is 5.78 Å². The van der Waals surface area contributed by atoms with Crippen molar-refractivity contribution < 1.29 is 9.53 Å².